The zero-order valence-corrected chi connectivity index (χ0v) is 30.8. The van der Waals surface area contributed by atoms with Crippen LogP contribution in [0.15, 0.2) is 215 Å². The number of fused-ring (bicyclic) bond motifs is 6. The highest BCUT2D eigenvalue weighted by atomic mass is 16.4. The van der Waals surface area contributed by atoms with E-state index >= 15 is 0 Å². The summed E-state index contributed by atoms with van der Waals surface area (Å²) < 4.78 is 12.8. The van der Waals surface area contributed by atoms with Crippen molar-refractivity contribution in [1.29, 1.82) is 0 Å². The van der Waals surface area contributed by atoms with Crippen molar-refractivity contribution in [3.8, 4) is 44.8 Å². The predicted molar refractivity (Wildman–Crippen MR) is 235 cm³/mol. The molecule has 0 N–H and O–H groups in total. The Balaban J connectivity index is 0.959. The van der Waals surface area contributed by atoms with Crippen LogP contribution in [0, 0.1) is 0 Å². The number of aromatic nitrogens is 1. The smallest absolute Gasteiger partial charge is 0.227 e. The van der Waals surface area contributed by atoms with Gasteiger partial charge in [-0.3, -0.25) is 0 Å². The monoisotopic (exact) mass is 730 g/mol. The van der Waals surface area contributed by atoms with E-state index < -0.39 is 0 Å². The van der Waals surface area contributed by atoms with Gasteiger partial charge in [0.05, 0.1) is 5.39 Å². The van der Waals surface area contributed by atoms with Gasteiger partial charge in [0.1, 0.15) is 16.7 Å². The van der Waals surface area contributed by atoms with Crippen molar-refractivity contribution >= 4 is 60.9 Å². The van der Waals surface area contributed by atoms with E-state index in [9.17, 15) is 0 Å². The minimum atomic E-state index is 0.603. The standard InChI is InChI=1S/C53H34N2O2/c1-3-10-35(11-4-1)41-16-9-17-46(33-41)55(44-25-20-37(21-26-44)42-19-18-36-12-7-8-15-40(36)32-42)45-27-22-38(23-28-45)43-24-29-47-50(34-43)56-49-31-30-48-52(51(47)49)57-53(54-48)39-13-5-2-6-14-39/h1-34H. The van der Waals surface area contributed by atoms with E-state index in [4.69, 9.17) is 13.8 Å². The van der Waals surface area contributed by atoms with Gasteiger partial charge >= 0.3 is 0 Å². The fourth-order valence-electron chi connectivity index (χ4n) is 8.01. The van der Waals surface area contributed by atoms with Crippen LogP contribution in [-0.4, -0.2) is 4.98 Å². The maximum atomic E-state index is 6.43. The van der Waals surface area contributed by atoms with Crippen LogP contribution in [-0.2, 0) is 0 Å². The van der Waals surface area contributed by atoms with Gasteiger partial charge in [0, 0.05) is 28.0 Å². The summed E-state index contributed by atoms with van der Waals surface area (Å²) in [5.74, 6) is 0.603. The first-order valence-electron chi connectivity index (χ1n) is 19.2. The van der Waals surface area contributed by atoms with Crippen molar-refractivity contribution < 1.29 is 8.83 Å². The van der Waals surface area contributed by atoms with Crippen LogP contribution in [0.3, 0.4) is 0 Å². The Kier molecular flexibility index (Phi) is 7.78. The molecule has 0 saturated heterocycles. The summed E-state index contributed by atoms with van der Waals surface area (Å²) in [7, 11) is 0. The molecule has 2 aromatic heterocycles. The van der Waals surface area contributed by atoms with Crippen molar-refractivity contribution in [2.24, 2.45) is 0 Å². The number of oxazole rings is 1. The van der Waals surface area contributed by atoms with Crippen molar-refractivity contribution in [3.63, 3.8) is 0 Å². The molecular formula is C53H34N2O2. The van der Waals surface area contributed by atoms with Gasteiger partial charge in [0.15, 0.2) is 5.58 Å². The maximum Gasteiger partial charge on any atom is 0.227 e. The normalized spacial score (nSPS) is 11.5. The lowest BCUT2D eigenvalue weighted by atomic mass is 10.00. The van der Waals surface area contributed by atoms with Crippen LogP contribution in [0.2, 0.25) is 0 Å². The molecule has 268 valence electrons. The summed E-state index contributed by atoms with van der Waals surface area (Å²) in [5.41, 5.74) is 14.2. The Morgan fingerprint density at radius 1 is 0.351 bits per heavy atom. The first-order chi connectivity index (χ1) is 28.2. The van der Waals surface area contributed by atoms with E-state index in [1.165, 1.54) is 33.0 Å². The zero-order chi connectivity index (χ0) is 37.7. The van der Waals surface area contributed by atoms with Crippen molar-refractivity contribution in [3.05, 3.63) is 206 Å². The van der Waals surface area contributed by atoms with Crippen LogP contribution in [0.1, 0.15) is 0 Å². The molecule has 0 radical (unpaired) electrons. The topological polar surface area (TPSA) is 42.4 Å². The number of hydrogen-bond acceptors (Lipinski definition) is 4. The molecule has 0 fully saturated rings. The van der Waals surface area contributed by atoms with Gasteiger partial charge in [0.25, 0.3) is 0 Å². The molecule has 0 aliphatic carbocycles. The van der Waals surface area contributed by atoms with Crippen LogP contribution in [0.25, 0.3) is 88.6 Å². The number of furan rings is 1. The second kappa shape index (κ2) is 13.6. The quantitative estimate of drug-likeness (QED) is 0.164. The van der Waals surface area contributed by atoms with E-state index in [-0.39, 0.29) is 0 Å². The molecule has 0 saturated carbocycles. The van der Waals surface area contributed by atoms with E-state index in [1.807, 2.05) is 42.5 Å². The molecule has 0 spiro atoms. The highest BCUT2D eigenvalue weighted by Crippen LogP contribution is 2.41. The van der Waals surface area contributed by atoms with Crippen molar-refractivity contribution in [1.82, 2.24) is 4.98 Å². The summed E-state index contributed by atoms with van der Waals surface area (Å²) in [6.45, 7) is 0. The van der Waals surface area contributed by atoms with Crippen LogP contribution in [0.4, 0.5) is 17.1 Å². The molecular weight excluding hydrogens is 697 g/mol. The molecule has 57 heavy (non-hydrogen) atoms. The Labute approximate surface area is 329 Å². The molecule has 11 aromatic rings. The lowest BCUT2D eigenvalue weighted by Gasteiger charge is -2.26. The Morgan fingerprint density at radius 2 is 0.930 bits per heavy atom. The molecule has 0 unspecified atom stereocenters. The maximum absolute atomic E-state index is 6.43. The van der Waals surface area contributed by atoms with Crippen LogP contribution < -0.4 is 4.90 Å². The third-order valence-corrected chi connectivity index (χ3v) is 10.9. The number of nitrogens with zero attached hydrogens (tertiary/aromatic N) is 2. The van der Waals surface area contributed by atoms with Gasteiger partial charge in [-0.2, -0.15) is 0 Å². The SMILES string of the molecule is c1ccc(-c2cccc(N(c3ccc(-c4ccc5ccccc5c4)cc3)c3ccc(-c4ccc5c(c4)oc4ccc6nc(-c7ccccc7)oc6c45)cc3)c2)cc1. The molecule has 0 aliphatic heterocycles. The van der Waals surface area contributed by atoms with E-state index in [2.05, 4.69) is 169 Å². The fraction of sp³-hybridized carbons (Fsp3) is 0. The summed E-state index contributed by atoms with van der Waals surface area (Å²) in [6.07, 6.45) is 0. The van der Waals surface area contributed by atoms with Gasteiger partial charge in [-0.1, -0.05) is 127 Å². The minimum Gasteiger partial charge on any atom is -0.456 e. The minimum absolute atomic E-state index is 0.603. The average molecular weight is 731 g/mol. The zero-order valence-electron chi connectivity index (χ0n) is 30.8. The van der Waals surface area contributed by atoms with Gasteiger partial charge in [-0.15, -0.1) is 0 Å². The second-order valence-electron chi connectivity index (χ2n) is 14.4. The second-order valence-corrected chi connectivity index (χ2v) is 14.4. The Morgan fingerprint density at radius 3 is 1.67 bits per heavy atom. The number of rotatable bonds is 7. The molecule has 0 bridgehead atoms. The number of anilines is 3. The highest BCUT2D eigenvalue weighted by Gasteiger charge is 2.18. The fourth-order valence-corrected chi connectivity index (χ4v) is 8.01. The van der Waals surface area contributed by atoms with Gasteiger partial charge in [-0.25, -0.2) is 4.98 Å². The van der Waals surface area contributed by atoms with Crippen molar-refractivity contribution in [2.45, 2.75) is 0 Å². The molecule has 0 aliphatic rings. The molecule has 4 heteroatoms. The lowest BCUT2D eigenvalue weighted by molar-refractivity contribution is 0.622. The highest BCUT2D eigenvalue weighted by molar-refractivity contribution is 6.16. The molecule has 11 rings (SSSR count). The first kappa shape index (κ1) is 32.7. The third kappa shape index (κ3) is 5.92. The average Bonchev–Trinajstić information content (AvgIpc) is 3.89. The lowest BCUT2D eigenvalue weighted by Crippen LogP contribution is -2.10. The van der Waals surface area contributed by atoms with Gasteiger partial charge in [0.2, 0.25) is 5.89 Å². The molecule has 0 atom stereocenters. The van der Waals surface area contributed by atoms with E-state index in [1.54, 1.807) is 0 Å². The van der Waals surface area contributed by atoms with E-state index in [0.717, 1.165) is 66.8 Å². The third-order valence-electron chi connectivity index (χ3n) is 10.9. The van der Waals surface area contributed by atoms with Crippen LogP contribution >= 0.6 is 0 Å². The number of benzene rings is 9. The Hall–Kier alpha value is -7.69. The Bertz CT molecular complexity index is 3220. The predicted octanol–water partition coefficient (Wildman–Crippen LogP) is 15.0. The van der Waals surface area contributed by atoms with E-state index in [0.29, 0.717) is 5.89 Å². The summed E-state index contributed by atoms with van der Waals surface area (Å²) in [4.78, 5) is 7.12. The van der Waals surface area contributed by atoms with Gasteiger partial charge < -0.3 is 13.7 Å². The first-order valence-corrected chi connectivity index (χ1v) is 19.2. The summed E-state index contributed by atoms with van der Waals surface area (Å²) in [6, 6.07) is 72.5. The molecule has 4 nitrogen and oxygen atoms in total. The van der Waals surface area contributed by atoms with Crippen LogP contribution in [0.5, 0.6) is 0 Å². The molecule has 0 amide bonds. The van der Waals surface area contributed by atoms with Crippen molar-refractivity contribution in [2.75, 3.05) is 4.90 Å². The molecule has 2 heterocycles. The summed E-state index contributed by atoms with van der Waals surface area (Å²) >= 11 is 0. The molecule has 9 aromatic carbocycles. The summed E-state index contributed by atoms with van der Waals surface area (Å²) in [5, 5.41) is 4.43. The number of hydrogen-bond donors (Lipinski definition) is 0. The largest absolute Gasteiger partial charge is 0.456 e. The van der Waals surface area contributed by atoms with Gasteiger partial charge in [-0.05, 0) is 123 Å².